The lowest BCUT2D eigenvalue weighted by Crippen LogP contribution is -2.14. The number of amides is 1. The number of aromatic hydroxyl groups is 1. The van der Waals surface area contributed by atoms with Crippen molar-refractivity contribution in [1.29, 1.82) is 0 Å². The van der Waals surface area contributed by atoms with Crippen LogP contribution in [-0.4, -0.2) is 36.9 Å². The third kappa shape index (κ3) is 4.50. The summed E-state index contributed by atoms with van der Waals surface area (Å²) in [5, 5.41) is 30.8. The third-order valence-corrected chi connectivity index (χ3v) is 4.93. The number of nitrogens with one attached hydrogen (secondary N) is 1. The summed E-state index contributed by atoms with van der Waals surface area (Å²) in [6, 6.07) is 6.65. The van der Waals surface area contributed by atoms with Crippen molar-refractivity contribution in [2.24, 2.45) is 0 Å². The Hall–Kier alpha value is -3.20. The van der Waals surface area contributed by atoms with Gasteiger partial charge in [-0.2, -0.15) is 0 Å². The molecular weight excluding hydrogens is 368 g/mol. The van der Waals surface area contributed by atoms with Crippen molar-refractivity contribution in [3.05, 3.63) is 47.2 Å². The van der Waals surface area contributed by atoms with Crippen LogP contribution < -0.4 is 5.32 Å². The van der Waals surface area contributed by atoms with Crippen molar-refractivity contribution < 1.29 is 19.8 Å². The van der Waals surface area contributed by atoms with Gasteiger partial charge in [0.25, 0.3) is 0 Å². The van der Waals surface area contributed by atoms with Gasteiger partial charge < -0.3 is 20.1 Å². The summed E-state index contributed by atoms with van der Waals surface area (Å²) in [6.07, 6.45) is 3.67. The molecule has 0 atom stereocenters. The summed E-state index contributed by atoms with van der Waals surface area (Å²) < 4.78 is 1.70. The van der Waals surface area contributed by atoms with Crippen LogP contribution in [0.15, 0.2) is 36.7 Å². The van der Waals surface area contributed by atoms with Gasteiger partial charge in [-0.15, -0.1) is 10.2 Å². The predicted molar refractivity (Wildman–Crippen MR) is 101 cm³/mol. The Morgan fingerprint density at radius 3 is 2.59 bits per heavy atom. The first-order valence-corrected chi connectivity index (χ1v) is 9.12. The average Bonchev–Trinajstić information content (AvgIpc) is 3.27. The fraction of sp³-hybridized carbons (Fsp3) is 0.222. The number of carbonyl (C=O) groups is 2. The van der Waals surface area contributed by atoms with Gasteiger partial charge in [-0.1, -0.05) is 11.3 Å². The number of hydrogen-bond acceptors (Lipinski definition) is 6. The summed E-state index contributed by atoms with van der Waals surface area (Å²) in [6.45, 7) is 2.50. The second kappa shape index (κ2) is 8.00. The molecule has 140 valence electrons. The van der Waals surface area contributed by atoms with Gasteiger partial charge >= 0.3 is 5.97 Å². The van der Waals surface area contributed by atoms with E-state index < -0.39 is 5.97 Å². The number of aryl methyl sites for hydroxylation is 2. The van der Waals surface area contributed by atoms with E-state index >= 15 is 0 Å². The molecule has 3 N–H and O–H groups in total. The van der Waals surface area contributed by atoms with Gasteiger partial charge in [0, 0.05) is 37.3 Å². The van der Waals surface area contributed by atoms with Gasteiger partial charge in [-0.05, 0) is 31.2 Å². The maximum absolute atomic E-state index is 12.2. The monoisotopic (exact) mass is 386 g/mol. The molecule has 0 aliphatic rings. The molecule has 0 aliphatic carbocycles. The van der Waals surface area contributed by atoms with E-state index in [1.165, 1.54) is 17.5 Å². The Kier molecular flexibility index (Phi) is 5.51. The standard InChI is InChI=1S/C18H18N4O4S/c1-2-22-9-13(18(25)26)14(10-22)19-15(24)7-8-16-20-21-17(27-16)11-3-5-12(23)6-4-11/h3-6,9-10,23H,2,7-8H2,1H3,(H,19,24)(H,25,26). The van der Waals surface area contributed by atoms with Gasteiger partial charge in [-0.3, -0.25) is 4.79 Å². The number of phenolic OH excluding ortho intramolecular Hbond substituents is 1. The Morgan fingerprint density at radius 2 is 1.93 bits per heavy atom. The molecule has 1 amide bonds. The van der Waals surface area contributed by atoms with Crippen LogP contribution in [0, 0.1) is 0 Å². The van der Waals surface area contributed by atoms with Crippen molar-refractivity contribution in [2.45, 2.75) is 26.3 Å². The van der Waals surface area contributed by atoms with E-state index in [1.54, 1.807) is 35.0 Å². The maximum atomic E-state index is 12.2. The van der Waals surface area contributed by atoms with Gasteiger partial charge in [0.2, 0.25) is 5.91 Å². The predicted octanol–water partition coefficient (Wildman–Crippen LogP) is 3.00. The molecule has 2 heterocycles. The Morgan fingerprint density at radius 1 is 1.19 bits per heavy atom. The average molecular weight is 386 g/mol. The Bertz CT molecular complexity index is 962. The van der Waals surface area contributed by atoms with Crippen molar-refractivity contribution in [2.75, 3.05) is 5.32 Å². The fourth-order valence-electron chi connectivity index (χ4n) is 2.47. The molecule has 3 rings (SSSR count). The number of aromatic carboxylic acids is 1. The minimum atomic E-state index is -1.08. The minimum Gasteiger partial charge on any atom is -0.508 e. The number of hydrogen-bond donors (Lipinski definition) is 3. The molecule has 0 saturated heterocycles. The zero-order valence-corrected chi connectivity index (χ0v) is 15.4. The van der Waals surface area contributed by atoms with Gasteiger partial charge in [-0.25, -0.2) is 4.79 Å². The van der Waals surface area contributed by atoms with Crippen LogP contribution in [0.3, 0.4) is 0 Å². The summed E-state index contributed by atoms with van der Waals surface area (Å²) in [5.74, 6) is -1.19. The minimum absolute atomic E-state index is 0.0655. The van der Waals surface area contributed by atoms with E-state index in [0.717, 1.165) is 5.56 Å². The fourth-order valence-corrected chi connectivity index (χ4v) is 3.31. The highest BCUT2D eigenvalue weighted by atomic mass is 32.1. The number of rotatable bonds is 7. The van der Waals surface area contributed by atoms with E-state index in [1.807, 2.05) is 6.92 Å². The largest absolute Gasteiger partial charge is 0.508 e. The number of carbonyl (C=O) groups excluding carboxylic acids is 1. The molecule has 0 spiro atoms. The summed E-state index contributed by atoms with van der Waals surface area (Å²) in [4.78, 5) is 23.5. The van der Waals surface area contributed by atoms with Gasteiger partial charge in [0.15, 0.2) is 0 Å². The first kappa shape index (κ1) is 18.6. The summed E-state index contributed by atoms with van der Waals surface area (Å²) in [7, 11) is 0. The molecule has 0 saturated carbocycles. The molecule has 27 heavy (non-hydrogen) atoms. The maximum Gasteiger partial charge on any atom is 0.339 e. The second-order valence-corrected chi connectivity index (χ2v) is 6.88. The molecule has 0 unspecified atom stereocenters. The molecule has 8 nitrogen and oxygen atoms in total. The van der Waals surface area contributed by atoms with Crippen LogP contribution in [0.2, 0.25) is 0 Å². The lowest BCUT2D eigenvalue weighted by atomic mass is 10.2. The zero-order valence-electron chi connectivity index (χ0n) is 14.5. The van der Waals surface area contributed by atoms with Crippen LogP contribution in [0.25, 0.3) is 10.6 Å². The first-order valence-electron chi connectivity index (χ1n) is 8.31. The molecule has 2 aromatic heterocycles. The number of carboxylic acids is 1. The van der Waals surface area contributed by atoms with E-state index in [2.05, 4.69) is 15.5 Å². The zero-order chi connectivity index (χ0) is 19.4. The third-order valence-electron chi connectivity index (χ3n) is 3.90. The van der Waals surface area contributed by atoms with Crippen LogP contribution in [-0.2, 0) is 17.8 Å². The highest BCUT2D eigenvalue weighted by molar-refractivity contribution is 7.14. The number of carboxylic acid groups (broad SMARTS) is 1. The molecule has 0 aliphatic heterocycles. The SMILES string of the molecule is CCn1cc(NC(=O)CCc2nnc(-c3ccc(O)cc3)s2)c(C(=O)O)c1. The highest BCUT2D eigenvalue weighted by Crippen LogP contribution is 2.26. The van der Waals surface area contributed by atoms with E-state index in [0.29, 0.717) is 23.0 Å². The van der Waals surface area contributed by atoms with Crippen molar-refractivity contribution in [3.8, 4) is 16.3 Å². The van der Waals surface area contributed by atoms with Crippen molar-refractivity contribution in [3.63, 3.8) is 0 Å². The molecule has 3 aromatic rings. The van der Waals surface area contributed by atoms with E-state index in [4.69, 9.17) is 0 Å². The first-order chi connectivity index (χ1) is 13.0. The Labute approximate surface area is 159 Å². The molecule has 0 fully saturated rings. The van der Waals surface area contributed by atoms with E-state index in [-0.39, 0.29) is 29.3 Å². The van der Waals surface area contributed by atoms with Crippen molar-refractivity contribution in [1.82, 2.24) is 14.8 Å². The number of aromatic nitrogens is 3. The topological polar surface area (TPSA) is 117 Å². The molecular formula is C18H18N4O4S. The lowest BCUT2D eigenvalue weighted by Gasteiger charge is -2.03. The number of anilines is 1. The number of phenols is 1. The lowest BCUT2D eigenvalue weighted by molar-refractivity contribution is -0.116. The molecule has 9 heteroatoms. The highest BCUT2D eigenvalue weighted by Gasteiger charge is 2.16. The second-order valence-electron chi connectivity index (χ2n) is 5.82. The van der Waals surface area contributed by atoms with Crippen LogP contribution in [0.1, 0.15) is 28.7 Å². The number of nitrogens with zero attached hydrogens (tertiary/aromatic N) is 3. The van der Waals surface area contributed by atoms with Gasteiger partial charge in [0.05, 0.1) is 5.69 Å². The van der Waals surface area contributed by atoms with Crippen LogP contribution in [0.4, 0.5) is 5.69 Å². The quantitative estimate of drug-likeness (QED) is 0.575. The summed E-state index contributed by atoms with van der Waals surface area (Å²) >= 11 is 1.37. The Balaban J connectivity index is 1.61. The summed E-state index contributed by atoms with van der Waals surface area (Å²) in [5.41, 5.74) is 1.19. The smallest absolute Gasteiger partial charge is 0.339 e. The normalized spacial score (nSPS) is 10.7. The van der Waals surface area contributed by atoms with Crippen LogP contribution in [0.5, 0.6) is 5.75 Å². The molecule has 0 bridgehead atoms. The molecule has 1 aromatic carbocycles. The van der Waals surface area contributed by atoms with Crippen LogP contribution >= 0.6 is 11.3 Å². The van der Waals surface area contributed by atoms with E-state index in [9.17, 15) is 19.8 Å². The number of benzene rings is 1. The van der Waals surface area contributed by atoms with Crippen molar-refractivity contribution >= 4 is 28.9 Å². The van der Waals surface area contributed by atoms with Gasteiger partial charge in [0.1, 0.15) is 21.3 Å². The molecule has 0 radical (unpaired) electrons.